The van der Waals surface area contributed by atoms with Gasteiger partial charge >= 0.3 is 11.8 Å². The minimum Gasteiger partial charge on any atom is -0.508 e. The molecule has 1 amide bonds. The van der Waals surface area contributed by atoms with Gasteiger partial charge in [-0.05, 0) is 31.5 Å². The number of rotatable bonds is 7. The molecule has 0 spiro atoms. The van der Waals surface area contributed by atoms with Crippen LogP contribution < -0.4 is 16.4 Å². The molecule has 0 unspecified atom stereocenters. The van der Waals surface area contributed by atoms with E-state index >= 15 is 0 Å². The molecule has 6 N–H and O–H groups in total. The Labute approximate surface area is 160 Å². The number of carbonyl (C=O) groups is 1. The largest absolute Gasteiger partial charge is 0.508 e. The zero-order valence-corrected chi connectivity index (χ0v) is 15.2. The number of anilines is 3. The Hall–Kier alpha value is -3.60. The van der Waals surface area contributed by atoms with Crippen LogP contribution in [0.5, 0.6) is 5.75 Å². The van der Waals surface area contributed by atoms with Crippen molar-refractivity contribution in [2.75, 3.05) is 23.0 Å². The van der Waals surface area contributed by atoms with Gasteiger partial charge in [0.25, 0.3) is 0 Å². The van der Waals surface area contributed by atoms with Crippen LogP contribution in [-0.4, -0.2) is 38.9 Å². The Balaban J connectivity index is 2.30. The smallest absolute Gasteiger partial charge is 0.412 e. The summed E-state index contributed by atoms with van der Waals surface area (Å²) >= 11 is 0. The zero-order valence-electron chi connectivity index (χ0n) is 15.2. The van der Waals surface area contributed by atoms with Crippen LogP contribution >= 0.6 is 0 Å². The average Bonchev–Trinajstić information content (AvgIpc) is 2.61. The van der Waals surface area contributed by atoms with Crippen LogP contribution in [-0.2, 0) is 4.74 Å². The standard InChI is InChI=1S/C17H21N5O6/c1-3-28-17(25)21-13-8-12(14(22(26)27)16(18)20-13)19-9(2)15(24)10-4-6-11(23)7-5-10/h4-9,15,23-24H,3H2,1-2H3,(H4,18,19,20,21,25)/t9-,15+/m1/s1. The lowest BCUT2D eigenvalue weighted by atomic mass is 10.0. The molecule has 1 aromatic carbocycles. The maximum atomic E-state index is 11.6. The third-order valence-electron chi connectivity index (χ3n) is 3.80. The molecule has 2 aromatic rings. The van der Waals surface area contributed by atoms with Gasteiger partial charge in [0, 0.05) is 6.07 Å². The number of hydrogen-bond donors (Lipinski definition) is 5. The number of carbonyl (C=O) groups excluding carboxylic acids is 1. The van der Waals surface area contributed by atoms with E-state index in [0.29, 0.717) is 5.56 Å². The summed E-state index contributed by atoms with van der Waals surface area (Å²) in [4.78, 5) is 26.0. The molecular weight excluding hydrogens is 370 g/mol. The first-order valence-corrected chi connectivity index (χ1v) is 8.35. The molecule has 2 rings (SSSR count). The first-order chi connectivity index (χ1) is 13.2. The molecule has 0 aliphatic rings. The first-order valence-electron chi connectivity index (χ1n) is 8.35. The number of ether oxygens (including phenoxy) is 1. The maximum Gasteiger partial charge on any atom is 0.412 e. The van der Waals surface area contributed by atoms with Gasteiger partial charge in [-0.3, -0.25) is 15.4 Å². The van der Waals surface area contributed by atoms with Gasteiger partial charge < -0.3 is 26.0 Å². The number of nitrogens with zero attached hydrogens (tertiary/aromatic N) is 2. The zero-order chi connectivity index (χ0) is 20.8. The molecule has 1 aromatic heterocycles. The highest BCUT2D eigenvalue weighted by Gasteiger charge is 2.25. The van der Waals surface area contributed by atoms with Crippen molar-refractivity contribution in [2.45, 2.75) is 26.0 Å². The second-order valence-corrected chi connectivity index (χ2v) is 5.86. The highest BCUT2D eigenvalue weighted by atomic mass is 16.6. The number of aromatic hydroxyl groups is 1. The number of nitrogens with two attached hydrogens (primary N) is 1. The van der Waals surface area contributed by atoms with E-state index in [4.69, 9.17) is 10.5 Å². The molecule has 0 bridgehead atoms. The third kappa shape index (κ3) is 4.98. The van der Waals surface area contributed by atoms with Crippen LogP contribution in [0.15, 0.2) is 30.3 Å². The second kappa shape index (κ2) is 8.86. The Morgan fingerprint density at radius 2 is 2.04 bits per heavy atom. The number of pyridine rings is 1. The van der Waals surface area contributed by atoms with E-state index < -0.39 is 34.7 Å². The van der Waals surface area contributed by atoms with Crippen LogP contribution in [0, 0.1) is 10.1 Å². The lowest BCUT2D eigenvalue weighted by molar-refractivity contribution is -0.383. The highest BCUT2D eigenvalue weighted by molar-refractivity contribution is 5.86. The van der Waals surface area contributed by atoms with Crippen molar-refractivity contribution >= 4 is 29.1 Å². The van der Waals surface area contributed by atoms with E-state index in [1.54, 1.807) is 13.8 Å². The molecule has 2 atom stereocenters. The van der Waals surface area contributed by atoms with Gasteiger partial charge in [-0.2, -0.15) is 0 Å². The van der Waals surface area contributed by atoms with Crippen molar-refractivity contribution in [3.8, 4) is 5.75 Å². The van der Waals surface area contributed by atoms with Gasteiger partial charge in [-0.25, -0.2) is 9.78 Å². The Morgan fingerprint density at radius 3 is 2.61 bits per heavy atom. The summed E-state index contributed by atoms with van der Waals surface area (Å²) in [5.41, 5.74) is 5.65. The number of aromatic nitrogens is 1. The lowest BCUT2D eigenvalue weighted by Crippen LogP contribution is -2.25. The molecule has 150 valence electrons. The minimum absolute atomic E-state index is 0.0328. The summed E-state index contributed by atoms with van der Waals surface area (Å²) in [6, 6.07) is 6.44. The number of phenols is 1. The Morgan fingerprint density at radius 1 is 1.39 bits per heavy atom. The molecule has 1 heterocycles. The monoisotopic (exact) mass is 391 g/mol. The Bertz CT molecular complexity index is 858. The normalized spacial score (nSPS) is 12.7. The SMILES string of the molecule is CCOC(=O)Nc1cc(N[C@H](C)[C@H](O)c2ccc(O)cc2)c([N+](=O)[O-])c(N)n1. The fourth-order valence-electron chi connectivity index (χ4n) is 2.48. The number of aliphatic hydroxyl groups excluding tert-OH is 1. The van der Waals surface area contributed by atoms with Crippen LogP contribution in [0.25, 0.3) is 0 Å². The van der Waals surface area contributed by atoms with Crippen molar-refractivity contribution in [3.63, 3.8) is 0 Å². The molecule has 0 aliphatic carbocycles. The number of amides is 1. The molecule has 0 fully saturated rings. The fourth-order valence-corrected chi connectivity index (χ4v) is 2.48. The number of nitro groups is 1. The minimum atomic E-state index is -1.05. The lowest BCUT2D eigenvalue weighted by Gasteiger charge is -2.22. The van der Waals surface area contributed by atoms with Crippen molar-refractivity contribution in [1.29, 1.82) is 0 Å². The van der Waals surface area contributed by atoms with Crippen LogP contribution in [0.1, 0.15) is 25.5 Å². The summed E-state index contributed by atoms with van der Waals surface area (Å²) in [7, 11) is 0. The molecule has 11 heteroatoms. The molecule has 0 aliphatic heterocycles. The van der Waals surface area contributed by atoms with Gasteiger partial charge in [0.05, 0.1) is 23.7 Å². The summed E-state index contributed by atoms with van der Waals surface area (Å²) in [5, 5.41) is 36.3. The number of benzene rings is 1. The van der Waals surface area contributed by atoms with Crippen LogP contribution in [0.2, 0.25) is 0 Å². The molecule has 0 radical (unpaired) electrons. The topological polar surface area (TPSA) is 173 Å². The summed E-state index contributed by atoms with van der Waals surface area (Å²) in [6.45, 7) is 3.36. The van der Waals surface area contributed by atoms with E-state index in [1.807, 2.05) is 0 Å². The fraction of sp³-hybridized carbons (Fsp3) is 0.294. The number of nitrogen functional groups attached to an aromatic ring is 1. The van der Waals surface area contributed by atoms with Gasteiger partial charge in [-0.15, -0.1) is 0 Å². The van der Waals surface area contributed by atoms with E-state index in [2.05, 4.69) is 15.6 Å². The summed E-state index contributed by atoms with van der Waals surface area (Å²) in [6.07, 6.45) is -1.83. The second-order valence-electron chi connectivity index (χ2n) is 5.86. The van der Waals surface area contributed by atoms with Crippen molar-refractivity contribution in [1.82, 2.24) is 4.98 Å². The van der Waals surface area contributed by atoms with E-state index in [9.17, 15) is 25.1 Å². The van der Waals surface area contributed by atoms with Gasteiger partial charge in [0.15, 0.2) is 0 Å². The first kappa shape index (κ1) is 20.7. The third-order valence-corrected chi connectivity index (χ3v) is 3.80. The van der Waals surface area contributed by atoms with Crippen molar-refractivity contribution < 1.29 is 24.7 Å². The quantitative estimate of drug-likeness (QED) is 0.351. The average molecular weight is 391 g/mol. The molecule has 28 heavy (non-hydrogen) atoms. The number of aliphatic hydroxyl groups is 1. The van der Waals surface area contributed by atoms with Crippen molar-refractivity contribution in [2.24, 2.45) is 0 Å². The van der Waals surface area contributed by atoms with Crippen LogP contribution in [0.3, 0.4) is 0 Å². The maximum absolute atomic E-state index is 11.6. The van der Waals surface area contributed by atoms with Gasteiger partial charge in [0.2, 0.25) is 5.82 Å². The molecular formula is C17H21N5O6. The predicted molar refractivity (Wildman–Crippen MR) is 102 cm³/mol. The number of nitrogens with one attached hydrogen (secondary N) is 2. The molecule has 0 saturated heterocycles. The van der Waals surface area contributed by atoms with Crippen molar-refractivity contribution in [3.05, 3.63) is 46.0 Å². The number of hydrogen-bond acceptors (Lipinski definition) is 9. The predicted octanol–water partition coefficient (Wildman–Crippen LogP) is 2.38. The molecule has 0 saturated carbocycles. The summed E-state index contributed by atoms with van der Waals surface area (Å²) in [5.74, 6) is -0.410. The Kier molecular flexibility index (Phi) is 6.55. The van der Waals surface area contributed by atoms with E-state index in [1.165, 1.54) is 30.3 Å². The van der Waals surface area contributed by atoms with Gasteiger partial charge in [0.1, 0.15) is 17.3 Å². The highest BCUT2D eigenvalue weighted by Crippen LogP contribution is 2.34. The van der Waals surface area contributed by atoms with Crippen LogP contribution in [0.4, 0.5) is 27.8 Å². The van der Waals surface area contributed by atoms with E-state index in [-0.39, 0.29) is 23.9 Å². The van der Waals surface area contributed by atoms with E-state index in [0.717, 1.165) is 0 Å². The number of phenolic OH excluding ortho intramolecular Hbond substituents is 1. The molecule has 11 nitrogen and oxygen atoms in total. The van der Waals surface area contributed by atoms with Gasteiger partial charge in [-0.1, -0.05) is 12.1 Å². The summed E-state index contributed by atoms with van der Waals surface area (Å²) < 4.78 is 4.74.